The highest BCUT2D eigenvalue weighted by Gasteiger charge is 2.47. The van der Waals surface area contributed by atoms with Gasteiger partial charge in [0.2, 0.25) is 17.6 Å². The predicted octanol–water partition coefficient (Wildman–Crippen LogP) is 1.97. The van der Waals surface area contributed by atoms with Gasteiger partial charge in [-0.15, -0.1) is 6.58 Å². The number of nitrogens with zero attached hydrogens (tertiary/aromatic N) is 2. The maximum absolute atomic E-state index is 12.4. The van der Waals surface area contributed by atoms with Crippen LogP contribution in [0.3, 0.4) is 0 Å². The standard InChI is InChI=1S/C21H24N2O5/c1-4-9-22-13(2)10-17(14(22)3)18(24)12-28-19(25)11-23-20(26)15-7-5-6-8-16(15)21(23)27/h4-6,10,15-16H,1,7-9,11-12H2,2-3H3/t15-,16-/m1/s1. The van der Waals surface area contributed by atoms with E-state index >= 15 is 0 Å². The Balaban J connectivity index is 1.58. The van der Waals surface area contributed by atoms with Crippen LogP contribution >= 0.6 is 0 Å². The van der Waals surface area contributed by atoms with Crippen LogP contribution in [-0.2, 0) is 25.7 Å². The van der Waals surface area contributed by atoms with Crippen LogP contribution in [0.15, 0.2) is 30.9 Å². The first-order valence-corrected chi connectivity index (χ1v) is 9.31. The van der Waals surface area contributed by atoms with Crippen molar-refractivity contribution in [3.63, 3.8) is 0 Å². The smallest absolute Gasteiger partial charge is 0.326 e. The van der Waals surface area contributed by atoms with E-state index in [2.05, 4.69) is 6.58 Å². The summed E-state index contributed by atoms with van der Waals surface area (Å²) in [6, 6.07) is 1.75. The summed E-state index contributed by atoms with van der Waals surface area (Å²) in [7, 11) is 0. The van der Waals surface area contributed by atoms with Gasteiger partial charge in [0.25, 0.3) is 0 Å². The summed E-state index contributed by atoms with van der Waals surface area (Å²) in [5.74, 6) is -2.54. The van der Waals surface area contributed by atoms with Gasteiger partial charge >= 0.3 is 5.97 Å². The summed E-state index contributed by atoms with van der Waals surface area (Å²) in [6.45, 7) is 7.12. The highest BCUT2D eigenvalue weighted by Crippen LogP contribution is 2.34. The second-order valence-corrected chi connectivity index (χ2v) is 7.19. The molecule has 2 aliphatic rings. The number of esters is 1. The van der Waals surface area contributed by atoms with Gasteiger partial charge in [0.1, 0.15) is 6.54 Å². The van der Waals surface area contributed by atoms with Crippen LogP contribution in [0.25, 0.3) is 0 Å². The number of carbonyl (C=O) groups excluding carboxylic acids is 4. The lowest BCUT2D eigenvalue weighted by atomic mass is 9.85. The molecule has 1 aromatic rings. The number of ketones is 1. The lowest BCUT2D eigenvalue weighted by Crippen LogP contribution is -2.37. The summed E-state index contributed by atoms with van der Waals surface area (Å²) in [6.07, 6.45) is 6.54. The van der Waals surface area contributed by atoms with E-state index in [4.69, 9.17) is 4.74 Å². The lowest BCUT2D eigenvalue weighted by molar-refractivity contribution is -0.152. The number of aromatic nitrogens is 1. The van der Waals surface area contributed by atoms with Gasteiger partial charge in [-0.05, 0) is 32.8 Å². The topological polar surface area (TPSA) is 85.7 Å². The predicted molar refractivity (Wildman–Crippen MR) is 101 cm³/mol. The average Bonchev–Trinajstić information content (AvgIpc) is 3.10. The van der Waals surface area contributed by atoms with Crippen LogP contribution in [0.4, 0.5) is 0 Å². The average molecular weight is 384 g/mol. The third-order valence-corrected chi connectivity index (χ3v) is 5.44. The summed E-state index contributed by atoms with van der Waals surface area (Å²) >= 11 is 0. The molecular formula is C21H24N2O5. The normalized spacial score (nSPS) is 21.0. The fourth-order valence-electron chi connectivity index (χ4n) is 3.92. The third kappa shape index (κ3) is 3.56. The maximum Gasteiger partial charge on any atom is 0.326 e. The second kappa shape index (κ2) is 7.96. The fourth-order valence-corrected chi connectivity index (χ4v) is 3.92. The molecule has 2 amide bonds. The molecule has 7 heteroatoms. The molecule has 0 N–H and O–H groups in total. The first kappa shape index (κ1) is 19.8. The monoisotopic (exact) mass is 384 g/mol. The largest absolute Gasteiger partial charge is 0.456 e. The molecule has 28 heavy (non-hydrogen) atoms. The molecule has 1 aliphatic heterocycles. The first-order chi connectivity index (χ1) is 13.3. The number of rotatable bonds is 7. The van der Waals surface area contributed by atoms with E-state index in [9.17, 15) is 19.2 Å². The Morgan fingerprint density at radius 2 is 1.79 bits per heavy atom. The van der Waals surface area contributed by atoms with Gasteiger partial charge in [0.05, 0.1) is 11.8 Å². The zero-order valence-electron chi connectivity index (χ0n) is 16.1. The SMILES string of the molecule is C=CCn1c(C)cc(C(=O)COC(=O)CN2C(=O)[C@@H]3CC=CC[C@H]3C2=O)c1C. The van der Waals surface area contributed by atoms with Gasteiger partial charge in [-0.25, -0.2) is 0 Å². The first-order valence-electron chi connectivity index (χ1n) is 9.31. The molecule has 0 unspecified atom stereocenters. The Hall–Kier alpha value is -2.96. The molecule has 2 atom stereocenters. The minimum atomic E-state index is -0.762. The minimum absolute atomic E-state index is 0.325. The number of carbonyl (C=O) groups is 4. The molecule has 1 aliphatic carbocycles. The highest BCUT2D eigenvalue weighted by molar-refractivity contribution is 6.07. The molecule has 7 nitrogen and oxygen atoms in total. The molecule has 1 fully saturated rings. The number of aryl methyl sites for hydroxylation is 1. The van der Waals surface area contributed by atoms with E-state index in [1.54, 1.807) is 12.1 Å². The summed E-state index contributed by atoms with van der Waals surface area (Å²) in [5, 5.41) is 0. The minimum Gasteiger partial charge on any atom is -0.456 e. The van der Waals surface area contributed by atoms with Crippen molar-refractivity contribution < 1.29 is 23.9 Å². The second-order valence-electron chi connectivity index (χ2n) is 7.19. The number of allylic oxidation sites excluding steroid dienone is 3. The van der Waals surface area contributed by atoms with Gasteiger partial charge in [-0.3, -0.25) is 24.1 Å². The van der Waals surface area contributed by atoms with E-state index in [0.29, 0.717) is 24.9 Å². The van der Waals surface area contributed by atoms with Crippen molar-refractivity contribution in [2.45, 2.75) is 33.2 Å². The summed E-state index contributed by atoms with van der Waals surface area (Å²) in [4.78, 5) is 50.3. The molecule has 0 radical (unpaired) electrons. The Bertz CT molecular complexity index is 854. The number of amides is 2. The van der Waals surface area contributed by atoms with Crippen LogP contribution in [0.5, 0.6) is 0 Å². The van der Waals surface area contributed by atoms with E-state index in [0.717, 1.165) is 16.3 Å². The van der Waals surface area contributed by atoms with Crippen LogP contribution in [0.2, 0.25) is 0 Å². The van der Waals surface area contributed by atoms with E-state index in [1.807, 2.05) is 30.6 Å². The van der Waals surface area contributed by atoms with Gasteiger partial charge in [0.15, 0.2) is 6.61 Å². The summed E-state index contributed by atoms with van der Waals surface area (Å²) < 4.78 is 7.00. The van der Waals surface area contributed by atoms with Crippen LogP contribution in [0, 0.1) is 25.7 Å². The zero-order valence-corrected chi connectivity index (χ0v) is 16.1. The van der Waals surface area contributed by atoms with E-state index in [-0.39, 0.29) is 29.4 Å². The number of hydrogen-bond acceptors (Lipinski definition) is 5. The zero-order chi connectivity index (χ0) is 20.4. The molecule has 0 saturated carbocycles. The van der Waals surface area contributed by atoms with Crippen molar-refractivity contribution in [2.24, 2.45) is 11.8 Å². The number of imide groups is 1. The molecule has 1 aromatic heterocycles. The molecule has 0 aromatic carbocycles. The Morgan fingerprint density at radius 1 is 1.18 bits per heavy atom. The van der Waals surface area contributed by atoms with Crippen LogP contribution < -0.4 is 0 Å². The molecular weight excluding hydrogens is 360 g/mol. The van der Waals surface area contributed by atoms with Crippen LogP contribution in [-0.4, -0.2) is 46.2 Å². The number of hydrogen-bond donors (Lipinski definition) is 0. The van der Waals surface area contributed by atoms with E-state index in [1.165, 1.54) is 0 Å². The number of fused-ring (bicyclic) bond motifs is 1. The number of likely N-dealkylation sites (tertiary alicyclic amines) is 1. The molecule has 0 spiro atoms. The van der Waals surface area contributed by atoms with Crippen molar-refractivity contribution in [1.82, 2.24) is 9.47 Å². The van der Waals surface area contributed by atoms with Crippen molar-refractivity contribution in [1.29, 1.82) is 0 Å². The molecule has 0 bridgehead atoms. The Morgan fingerprint density at radius 3 is 2.36 bits per heavy atom. The third-order valence-electron chi connectivity index (χ3n) is 5.44. The van der Waals surface area contributed by atoms with Crippen molar-refractivity contribution in [3.05, 3.63) is 47.8 Å². The summed E-state index contributed by atoms with van der Waals surface area (Å²) in [5.41, 5.74) is 2.18. The lowest BCUT2D eigenvalue weighted by Gasteiger charge is -2.14. The van der Waals surface area contributed by atoms with Gasteiger partial charge in [0, 0.05) is 23.5 Å². The van der Waals surface area contributed by atoms with Gasteiger partial charge < -0.3 is 9.30 Å². The van der Waals surface area contributed by atoms with Gasteiger partial charge in [-0.2, -0.15) is 0 Å². The van der Waals surface area contributed by atoms with Gasteiger partial charge in [-0.1, -0.05) is 18.2 Å². The Kier molecular flexibility index (Phi) is 5.63. The molecule has 3 rings (SSSR count). The molecule has 1 saturated heterocycles. The van der Waals surface area contributed by atoms with Crippen molar-refractivity contribution in [3.8, 4) is 0 Å². The van der Waals surface area contributed by atoms with Crippen molar-refractivity contribution >= 4 is 23.6 Å². The Labute approximate surface area is 163 Å². The molecule has 2 heterocycles. The quantitative estimate of drug-likeness (QED) is 0.311. The molecule has 148 valence electrons. The van der Waals surface area contributed by atoms with Crippen LogP contribution in [0.1, 0.15) is 34.6 Å². The number of ether oxygens (including phenoxy) is 1. The maximum atomic E-state index is 12.4. The fraction of sp³-hybridized carbons (Fsp3) is 0.429. The van der Waals surface area contributed by atoms with E-state index < -0.39 is 19.1 Å². The highest BCUT2D eigenvalue weighted by atomic mass is 16.5. The van der Waals surface area contributed by atoms with Crippen molar-refractivity contribution in [2.75, 3.05) is 13.2 Å². The number of Topliss-reactive ketones (excluding diaryl/α,β-unsaturated/α-hetero) is 1.